The van der Waals surface area contributed by atoms with Crippen molar-refractivity contribution in [2.75, 3.05) is 0 Å². The van der Waals surface area contributed by atoms with Gasteiger partial charge in [0.2, 0.25) is 0 Å². The molecule has 2 N–H and O–H groups in total. The molecular weight excluding hydrogens is 1090 g/mol. The summed E-state index contributed by atoms with van der Waals surface area (Å²) in [7, 11) is 0. The maximum absolute atomic E-state index is 3.58. The smallest absolute Gasteiger partial charge is 0.0641 e. The Balaban J connectivity index is 0.000000130. The van der Waals surface area contributed by atoms with E-state index in [1.807, 2.05) is 18.2 Å². The van der Waals surface area contributed by atoms with Gasteiger partial charge in [0, 0.05) is 112 Å². The van der Waals surface area contributed by atoms with E-state index in [-0.39, 0.29) is 0 Å². The summed E-state index contributed by atoms with van der Waals surface area (Å²) in [5, 5.41) is 10.3. The number of hydrogen-bond acceptors (Lipinski definition) is 0. The summed E-state index contributed by atoms with van der Waals surface area (Å²) in [6.07, 6.45) is 0. The molecule has 0 unspecified atom stereocenters. The van der Waals surface area contributed by atoms with Crippen LogP contribution < -0.4 is 0 Å². The van der Waals surface area contributed by atoms with E-state index in [1.54, 1.807) is 0 Å². The van der Waals surface area contributed by atoms with E-state index in [9.17, 15) is 0 Å². The number of hydrogen-bond donors (Lipinski definition) is 2. The van der Waals surface area contributed by atoms with Crippen LogP contribution in [0.5, 0.6) is 0 Å². The van der Waals surface area contributed by atoms with Crippen LogP contribution in [0, 0.1) is 3.57 Å². The van der Waals surface area contributed by atoms with Crippen LogP contribution in [0.1, 0.15) is 0 Å². The van der Waals surface area contributed by atoms with E-state index in [2.05, 4.69) is 273 Å². The number of halogens is 3. The van der Waals surface area contributed by atoms with E-state index >= 15 is 0 Å². The van der Waals surface area contributed by atoms with Gasteiger partial charge in [0.25, 0.3) is 0 Å². The number of rotatable bonds is 2. The Hall–Kier alpha value is -5.63. The lowest BCUT2D eigenvalue weighted by Crippen LogP contribution is -1.95. The van der Waals surface area contributed by atoms with Gasteiger partial charge in [-0.2, -0.15) is 0 Å². The van der Waals surface area contributed by atoms with E-state index in [0.29, 0.717) is 0 Å². The standard InChI is InChI=1S/C30H20N2.C18H12N2.C6H5I.I2/c1-3-11-21(12-4-1)31-27-18-10-8-16-25(27)29-28(31)20-19-24-23-15-7-9-17-26(23)32(30(24)29)22-13-5-2-6-14-22;1-3-7-14-11(5-1)12-9-10-16-17(18(12)20-14)13-6-2-4-8-15(13)19-16;7-6-4-2-1-3-5-6;1-2/h1-20H;1-10,19-20H;1-5H;. The molecule has 7 heteroatoms. The molecule has 0 fully saturated rings. The molecule has 0 bridgehead atoms. The van der Waals surface area contributed by atoms with Crippen molar-refractivity contribution in [3.8, 4) is 11.4 Å². The van der Waals surface area contributed by atoms with Crippen molar-refractivity contribution in [1.82, 2.24) is 19.1 Å². The van der Waals surface area contributed by atoms with Crippen molar-refractivity contribution in [1.29, 1.82) is 0 Å². The molecule has 4 nitrogen and oxygen atoms in total. The second kappa shape index (κ2) is 17.4. The number of aromatic nitrogens is 4. The molecule has 0 aliphatic heterocycles. The van der Waals surface area contributed by atoms with Gasteiger partial charge in [-0.25, -0.2) is 0 Å². The molecule has 0 radical (unpaired) electrons. The van der Waals surface area contributed by atoms with Crippen LogP contribution in [0.15, 0.2) is 212 Å². The summed E-state index contributed by atoms with van der Waals surface area (Å²) in [6, 6.07) is 74.9. The third-order valence-electron chi connectivity index (χ3n) is 11.4. The first-order valence-corrected chi connectivity index (χ1v) is 27.4. The molecule has 61 heavy (non-hydrogen) atoms. The van der Waals surface area contributed by atoms with Gasteiger partial charge < -0.3 is 19.1 Å². The molecule has 0 saturated carbocycles. The fraction of sp³-hybridized carbons (Fsp3) is 0. The first kappa shape index (κ1) is 39.5. The highest BCUT2D eigenvalue weighted by atomic mass is 128. The van der Waals surface area contributed by atoms with Crippen LogP contribution in [0.2, 0.25) is 0 Å². The number of nitrogens with zero attached hydrogens (tertiary/aromatic N) is 2. The van der Waals surface area contributed by atoms with Crippen molar-refractivity contribution >= 4 is 147 Å². The molecular formula is C54H37I3N4. The Kier molecular flexibility index (Phi) is 11.3. The number of nitrogens with one attached hydrogen (secondary N) is 2. The van der Waals surface area contributed by atoms with Gasteiger partial charge in [0.15, 0.2) is 0 Å². The zero-order chi connectivity index (χ0) is 41.3. The summed E-state index contributed by atoms with van der Waals surface area (Å²) < 4.78 is 6.10. The van der Waals surface area contributed by atoms with Crippen LogP contribution >= 0.6 is 59.8 Å². The molecule has 0 amide bonds. The van der Waals surface area contributed by atoms with Crippen LogP contribution in [0.4, 0.5) is 0 Å². The Morgan fingerprint density at radius 1 is 0.311 bits per heavy atom. The molecule has 0 aliphatic rings. The minimum atomic E-state index is 1.18. The average molecular weight is 1120 g/mol. The van der Waals surface area contributed by atoms with Crippen LogP contribution in [0.3, 0.4) is 0 Å². The van der Waals surface area contributed by atoms with Crippen molar-refractivity contribution < 1.29 is 0 Å². The Bertz CT molecular complexity index is 3620. The van der Waals surface area contributed by atoms with E-state index in [4.69, 9.17) is 0 Å². The molecule has 0 saturated heterocycles. The zero-order valence-electron chi connectivity index (χ0n) is 32.7. The van der Waals surface area contributed by atoms with E-state index in [0.717, 1.165) is 0 Å². The van der Waals surface area contributed by atoms with E-state index < -0.39 is 0 Å². The number of benzene rings is 9. The van der Waals surface area contributed by atoms with Crippen molar-refractivity contribution in [3.63, 3.8) is 0 Å². The Morgan fingerprint density at radius 2 is 0.803 bits per heavy atom. The van der Waals surface area contributed by atoms with Gasteiger partial charge >= 0.3 is 0 Å². The molecule has 4 aromatic heterocycles. The predicted octanol–water partition coefficient (Wildman–Crippen LogP) is 16.9. The van der Waals surface area contributed by atoms with Crippen LogP contribution in [0.25, 0.3) is 98.6 Å². The number of fused-ring (bicyclic) bond motifs is 14. The fourth-order valence-corrected chi connectivity index (χ4v) is 9.30. The zero-order valence-corrected chi connectivity index (χ0v) is 39.2. The summed E-state index contributed by atoms with van der Waals surface area (Å²) >= 11 is 6.52. The minimum Gasteiger partial charge on any atom is -0.354 e. The third kappa shape index (κ3) is 7.15. The molecule has 0 atom stereocenters. The van der Waals surface area contributed by atoms with E-state index in [1.165, 1.54) is 102 Å². The summed E-state index contributed by atoms with van der Waals surface area (Å²) in [5.74, 6) is 0. The lowest BCUT2D eigenvalue weighted by atomic mass is 10.1. The van der Waals surface area contributed by atoms with Gasteiger partial charge in [-0.3, -0.25) is 0 Å². The maximum Gasteiger partial charge on any atom is 0.0641 e. The largest absolute Gasteiger partial charge is 0.354 e. The van der Waals surface area contributed by atoms with Crippen molar-refractivity contribution in [3.05, 3.63) is 216 Å². The maximum atomic E-state index is 3.58. The highest BCUT2D eigenvalue weighted by Gasteiger charge is 2.20. The highest BCUT2D eigenvalue weighted by molar-refractivity contribution is 15.0. The molecule has 13 aromatic rings. The van der Waals surface area contributed by atoms with Crippen LogP contribution in [-0.4, -0.2) is 19.1 Å². The van der Waals surface area contributed by atoms with Gasteiger partial charge in [0.1, 0.15) is 0 Å². The first-order valence-electron chi connectivity index (χ1n) is 20.0. The third-order valence-corrected chi connectivity index (χ3v) is 12.1. The Morgan fingerprint density at radius 3 is 1.44 bits per heavy atom. The fourth-order valence-electron chi connectivity index (χ4n) is 8.88. The molecule has 0 aliphatic carbocycles. The monoisotopic (exact) mass is 1120 g/mol. The molecule has 9 aromatic carbocycles. The predicted molar refractivity (Wildman–Crippen MR) is 287 cm³/mol. The number of H-pyrrole nitrogens is 2. The molecule has 4 heterocycles. The van der Waals surface area contributed by atoms with Gasteiger partial charge in [-0.05, 0) is 95.4 Å². The van der Waals surface area contributed by atoms with Crippen molar-refractivity contribution in [2.24, 2.45) is 0 Å². The molecule has 294 valence electrons. The second-order valence-corrected chi connectivity index (χ2v) is 16.0. The summed E-state index contributed by atoms with van der Waals surface area (Å²) in [5.41, 5.74) is 12.1. The van der Waals surface area contributed by atoms with Gasteiger partial charge in [-0.1, -0.05) is 140 Å². The number of para-hydroxylation sites is 6. The first-order chi connectivity index (χ1) is 30.2. The second-order valence-electron chi connectivity index (χ2n) is 14.8. The normalized spacial score (nSPS) is 11.2. The van der Waals surface area contributed by atoms with Gasteiger partial charge in [-0.15, -0.1) is 0 Å². The summed E-state index contributed by atoms with van der Waals surface area (Å²) in [4.78, 5) is 7.07. The number of aromatic amines is 2. The summed E-state index contributed by atoms with van der Waals surface area (Å²) in [6.45, 7) is 0. The molecule has 13 rings (SSSR count). The lowest BCUT2D eigenvalue weighted by Gasteiger charge is -2.09. The molecule has 0 spiro atoms. The minimum absolute atomic E-state index is 1.18. The average Bonchev–Trinajstić information content (AvgIpc) is 4.08. The lowest BCUT2D eigenvalue weighted by molar-refractivity contribution is 1.17. The van der Waals surface area contributed by atoms with Crippen molar-refractivity contribution in [2.45, 2.75) is 0 Å². The van der Waals surface area contributed by atoms with Gasteiger partial charge in [0.05, 0.1) is 27.6 Å². The Labute approximate surface area is 389 Å². The SMILES string of the molecule is II.Ic1ccccc1.c1ccc(-n2c3ccccc3c3c2ccc2c4ccccc4n(-c4ccccc4)c23)cc1.c1ccc2c(c1)[nH]c1c2ccc2[nH]c3ccccc3c21. The quantitative estimate of drug-likeness (QED) is 0.162. The highest BCUT2D eigenvalue weighted by Crippen LogP contribution is 2.42. The topological polar surface area (TPSA) is 41.4 Å². The van der Waals surface area contributed by atoms with Crippen LogP contribution in [-0.2, 0) is 0 Å².